The van der Waals surface area contributed by atoms with Crippen molar-refractivity contribution in [1.82, 2.24) is 15.1 Å². The zero-order valence-corrected chi connectivity index (χ0v) is 12.4. The molecule has 0 aliphatic carbocycles. The van der Waals surface area contributed by atoms with Gasteiger partial charge in [0.1, 0.15) is 0 Å². The minimum absolute atomic E-state index is 0.0419. The van der Waals surface area contributed by atoms with Crippen molar-refractivity contribution >= 4 is 17.5 Å². The summed E-state index contributed by atoms with van der Waals surface area (Å²) >= 11 is 5.83. The van der Waals surface area contributed by atoms with Gasteiger partial charge in [0.25, 0.3) is 5.91 Å². The van der Waals surface area contributed by atoms with Crippen LogP contribution in [-0.2, 0) is 6.54 Å². The number of nitrogens with one attached hydrogen (secondary N) is 1. The lowest BCUT2D eigenvalue weighted by Gasteiger charge is -2.12. The molecular weight excluding hydrogens is 274 g/mol. The molecule has 5 heteroatoms. The molecular formula is C15H18ClN3O. The first-order valence-corrected chi connectivity index (χ1v) is 7.04. The van der Waals surface area contributed by atoms with E-state index in [-0.39, 0.29) is 11.9 Å². The largest absolute Gasteiger partial charge is 0.350 e. The molecule has 1 heterocycles. The summed E-state index contributed by atoms with van der Waals surface area (Å²) in [5.74, 6) is -0.0419. The first kappa shape index (κ1) is 14.6. The fourth-order valence-corrected chi connectivity index (χ4v) is 1.99. The van der Waals surface area contributed by atoms with E-state index in [9.17, 15) is 4.79 Å². The van der Waals surface area contributed by atoms with Gasteiger partial charge in [-0.2, -0.15) is 5.10 Å². The second-order valence-corrected chi connectivity index (χ2v) is 5.28. The number of rotatable bonds is 5. The van der Waals surface area contributed by atoms with Gasteiger partial charge in [-0.3, -0.25) is 9.48 Å². The first-order chi connectivity index (χ1) is 9.58. The van der Waals surface area contributed by atoms with Crippen LogP contribution in [0.25, 0.3) is 0 Å². The molecule has 20 heavy (non-hydrogen) atoms. The minimum Gasteiger partial charge on any atom is -0.350 e. The number of carbonyl (C=O) groups excluding carboxylic acids is 1. The molecule has 0 spiro atoms. The molecule has 1 N–H and O–H groups in total. The summed E-state index contributed by atoms with van der Waals surface area (Å²) in [7, 11) is 0. The molecule has 4 nitrogen and oxygen atoms in total. The molecule has 0 aliphatic heterocycles. The average molecular weight is 292 g/mol. The normalized spacial score (nSPS) is 12.2. The molecule has 0 radical (unpaired) electrons. The molecule has 1 aromatic heterocycles. The molecule has 106 valence electrons. The predicted molar refractivity (Wildman–Crippen MR) is 80.0 cm³/mol. The van der Waals surface area contributed by atoms with Gasteiger partial charge in [-0.25, -0.2) is 0 Å². The third-order valence-corrected chi connectivity index (χ3v) is 3.32. The van der Waals surface area contributed by atoms with Gasteiger partial charge >= 0.3 is 0 Å². The number of hydrogen-bond acceptors (Lipinski definition) is 2. The quantitative estimate of drug-likeness (QED) is 0.920. The van der Waals surface area contributed by atoms with E-state index in [0.29, 0.717) is 17.1 Å². The van der Waals surface area contributed by atoms with Crippen LogP contribution in [0.3, 0.4) is 0 Å². The van der Waals surface area contributed by atoms with Crippen molar-refractivity contribution in [2.24, 2.45) is 0 Å². The Kier molecular flexibility index (Phi) is 4.79. The van der Waals surface area contributed by atoms with Gasteiger partial charge in [-0.1, -0.05) is 30.7 Å². The minimum atomic E-state index is -0.0419. The van der Waals surface area contributed by atoms with Gasteiger partial charge in [-0.05, 0) is 31.0 Å². The van der Waals surface area contributed by atoms with Crippen molar-refractivity contribution in [1.29, 1.82) is 0 Å². The Labute approximate surface area is 123 Å². The van der Waals surface area contributed by atoms with Gasteiger partial charge < -0.3 is 5.32 Å². The maximum Gasteiger partial charge on any atom is 0.251 e. The van der Waals surface area contributed by atoms with E-state index in [4.69, 9.17) is 11.6 Å². The predicted octanol–water partition coefficient (Wildman–Crippen LogP) is 3.11. The van der Waals surface area contributed by atoms with Crippen molar-refractivity contribution in [3.8, 4) is 0 Å². The highest BCUT2D eigenvalue weighted by molar-refractivity contribution is 6.30. The Balaban J connectivity index is 2.09. The van der Waals surface area contributed by atoms with E-state index in [2.05, 4.69) is 10.4 Å². The molecule has 0 aliphatic rings. The van der Waals surface area contributed by atoms with Crippen LogP contribution in [0.15, 0.2) is 36.7 Å². The second kappa shape index (κ2) is 6.57. The molecule has 1 amide bonds. The van der Waals surface area contributed by atoms with Crippen molar-refractivity contribution in [3.05, 3.63) is 52.8 Å². The van der Waals surface area contributed by atoms with Crippen LogP contribution < -0.4 is 5.32 Å². The van der Waals surface area contributed by atoms with Gasteiger partial charge in [0.05, 0.1) is 17.8 Å². The Bertz CT molecular complexity index is 594. The highest BCUT2D eigenvalue weighted by Gasteiger charge is 2.09. The standard InChI is InChI=1S/C15H18ClN3O/c1-3-11(2)18-15(20)13-6-4-5-12(7-13)9-19-10-14(16)8-17-19/h4-8,10-11H,3,9H2,1-2H3,(H,18,20)/t11-/m1/s1. The van der Waals surface area contributed by atoms with Crippen LogP contribution in [0.1, 0.15) is 36.2 Å². The number of amides is 1. The number of hydrogen-bond donors (Lipinski definition) is 1. The fraction of sp³-hybridized carbons (Fsp3) is 0.333. The average Bonchev–Trinajstić information content (AvgIpc) is 2.84. The number of halogens is 1. The zero-order chi connectivity index (χ0) is 14.5. The van der Waals surface area contributed by atoms with Crippen molar-refractivity contribution in [2.75, 3.05) is 0 Å². The summed E-state index contributed by atoms with van der Waals surface area (Å²) < 4.78 is 1.74. The summed E-state index contributed by atoms with van der Waals surface area (Å²) in [4.78, 5) is 12.1. The van der Waals surface area contributed by atoms with Crippen LogP contribution >= 0.6 is 11.6 Å². The van der Waals surface area contributed by atoms with Gasteiger partial charge in [0, 0.05) is 17.8 Å². The van der Waals surface area contributed by atoms with Crippen LogP contribution in [0.4, 0.5) is 0 Å². The van der Waals surface area contributed by atoms with Crippen LogP contribution in [-0.4, -0.2) is 21.7 Å². The van der Waals surface area contributed by atoms with E-state index < -0.39 is 0 Å². The summed E-state index contributed by atoms with van der Waals surface area (Å²) in [5, 5.41) is 7.70. The van der Waals surface area contributed by atoms with Crippen LogP contribution in [0, 0.1) is 0 Å². The SMILES string of the molecule is CC[C@@H](C)NC(=O)c1cccc(Cn2cc(Cl)cn2)c1. The van der Waals surface area contributed by atoms with E-state index in [1.165, 1.54) is 0 Å². The molecule has 2 rings (SSSR count). The van der Waals surface area contributed by atoms with Crippen LogP contribution in [0.5, 0.6) is 0 Å². The van der Waals surface area contributed by atoms with Crippen molar-refractivity contribution < 1.29 is 4.79 Å². The third kappa shape index (κ3) is 3.84. The maximum atomic E-state index is 12.1. The Morgan fingerprint density at radius 1 is 1.50 bits per heavy atom. The summed E-state index contributed by atoms with van der Waals surface area (Å²) in [5.41, 5.74) is 1.68. The lowest BCUT2D eigenvalue weighted by atomic mass is 10.1. The van der Waals surface area contributed by atoms with Crippen LogP contribution in [0.2, 0.25) is 5.02 Å². The first-order valence-electron chi connectivity index (χ1n) is 6.66. The molecule has 0 fully saturated rings. The molecule has 0 bridgehead atoms. The Hall–Kier alpha value is -1.81. The smallest absolute Gasteiger partial charge is 0.251 e. The highest BCUT2D eigenvalue weighted by atomic mass is 35.5. The summed E-state index contributed by atoms with van der Waals surface area (Å²) in [6, 6.07) is 7.72. The lowest BCUT2D eigenvalue weighted by molar-refractivity contribution is 0.0939. The number of carbonyl (C=O) groups is 1. The topological polar surface area (TPSA) is 46.9 Å². The van der Waals surface area contributed by atoms with Crippen molar-refractivity contribution in [2.45, 2.75) is 32.9 Å². The zero-order valence-electron chi connectivity index (χ0n) is 11.6. The summed E-state index contributed by atoms with van der Waals surface area (Å²) in [6.45, 7) is 4.63. The highest BCUT2D eigenvalue weighted by Crippen LogP contribution is 2.10. The van der Waals surface area contributed by atoms with Gasteiger partial charge in [0.15, 0.2) is 0 Å². The van der Waals surface area contributed by atoms with E-state index in [1.54, 1.807) is 17.1 Å². The molecule has 0 unspecified atom stereocenters. The van der Waals surface area contributed by atoms with E-state index >= 15 is 0 Å². The Morgan fingerprint density at radius 2 is 2.30 bits per heavy atom. The van der Waals surface area contributed by atoms with Gasteiger partial charge in [-0.15, -0.1) is 0 Å². The maximum absolute atomic E-state index is 12.1. The Morgan fingerprint density at radius 3 is 2.95 bits per heavy atom. The second-order valence-electron chi connectivity index (χ2n) is 4.84. The van der Waals surface area contributed by atoms with E-state index in [0.717, 1.165) is 12.0 Å². The number of nitrogens with zero attached hydrogens (tertiary/aromatic N) is 2. The molecule has 0 saturated heterocycles. The van der Waals surface area contributed by atoms with Gasteiger partial charge in [0.2, 0.25) is 0 Å². The van der Waals surface area contributed by atoms with Crippen molar-refractivity contribution in [3.63, 3.8) is 0 Å². The molecule has 1 aromatic carbocycles. The third-order valence-electron chi connectivity index (χ3n) is 3.13. The molecule has 0 saturated carbocycles. The molecule has 2 aromatic rings. The van der Waals surface area contributed by atoms with E-state index in [1.807, 2.05) is 38.1 Å². The molecule has 1 atom stereocenters. The lowest BCUT2D eigenvalue weighted by Crippen LogP contribution is -2.31. The monoisotopic (exact) mass is 291 g/mol. The number of aromatic nitrogens is 2. The fourth-order valence-electron chi connectivity index (χ4n) is 1.83. The number of benzene rings is 1. The summed E-state index contributed by atoms with van der Waals surface area (Å²) in [6.07, 6.45) is 4.27.